The minimum atomic E-state index is -3.49. The molecule has 0 saturated carbocycles. The van der Waals surface area contributed by atoms with Gasteiger partial charge in [0.25, 0.3) is 0 Å². The van der Waals surface area contributed by atoms with Crippen molar-refractivity contribution in [2.24, 2.45) is 0 Å². The number of benzene rings is 1. The largest absolute Gasteiger partial charge is 0.469 e. The number of sulfone groups is 1. The van der Waals surface area contributed by atoms with E-state index in [-0.39, 0.29) is 23.0 Å². The molecule has 1 aliphatic heterocycles. The molecule has 23 heavy (non-hydrogen) atoms. The van der Waals surface area contributed by atoms with Gasteiger partial charge in [-0.1, -0.05) is 18.2 Å². The fourth-order valence-corrected chi connectivity index (χ4v) is 4.53. The number of nitrogens with zero attached hydrogens (tertiary/aromatic N) is 1. The molecule has 0 bridgehead atoms. The van der Waals surface area contributed by atoms with Gasteiger partial charge in [-0.2, -0.15) is 0 Å². The molecule has 128 valence electrons. The van der Waals surface area contributed by atoms with Gasteiger partial charge in [0.1, 0.15) is 0 Å². The molecule has 0 radical (unpaired) electrons. The number of hydrogen-bond donors (Lipinski definition) is 1. The van der Waals surface area contributed by atoms with E-state index in [4.69, 9.17) is 0 Å². The van der Waals surface area contributed by atoms with Gasteiger partial charge in [0.15, 0.2) is 9.84 Å². The highest BCUT2D eigenvalue weighted by Crippen LogP contribution is 2.22. The van der Waals surface area contributed by atoms with Crippen molar-refractivity contribution in [2.75, 3.05) is 26.0 Å². The van der Waals surface area contributed by atoms with Gasteiger partial charge in [0.05, 0.1) is 30.3 Å². The summed E-state index contributed by atoms with van der Waals surface area (Å²) in [5.41, 5.74) is 0. The third kappa shape index (κ3) is 4.76. The molecule has 0 spiro atoms. The lowest BCUT2D eigenvalue weighted by molar-refractivity contribution is -0.141. The molecule has 1 saturated heterocycles. The predicted octanol–water partition coefficient (Wildman–Crippen LogP) is 0.849. The van der Waals surface area contributed by atoms with Crippen LogP contribution in [0.5, 0.6) is 0 Å². The van der Waals surface area contributed by atoms with Crippen molar-refractivity contribution in [3.63, 3.8) is 0 Å². The Morgan fingerprint density at radius 1 is 1.35 bits per heavy atom. The molecule has 1 fully saturated rings. The topological polar surface area (TPSA) is 83.9 Å². The zero-order valence-corrected chi connectivity index (χ0v) is 14.0. The number of methoxy groups -OCH3 is 1. The number of piperidine rings is 1. The molecule has 0 amide bonds. The standard InChI is InChI=1S/C16H23NO5S/c1-22-16(19)9-11-17-10-5-8-15(18)14(17)12-23(20,21)13-6-3-2-4-7-13/h2-4,6-7,14-15,18H,5,8-12H2,1H3/t14-,15+/m0/s1. The van der Waals surface area contributed by atoms with Gasteiger partial charge in [0, 0.05) is 12.6 Å². The quantitative estimate of drug-likeness (QED) is 0.772. The molecule has 2 rings (SSSR count). The maximum Gasteiger partial charge on any atom is 0.306 e. The van der Waals surface area contributed by atoms with E-state index in [2.05, 4.69) is 4.74 Å². The van der Waals surface area contributed by atoms with Crippen molar-refractivity contribution >= 4 is 15.8 Å². The minimum Gasteiger partial charge on any atom is -0.469 e. The third-order valence-corrected chi connectivity index (χ3v) is 5.95. The Labute approximate surface area is 137 Å². The molecule has 7 heteroatoms. The summed E-state index contributed by atoms with van der Waals surface area (Å²) in [7, 11) is -2.16. The summed E-state index contributed by atoms with van der Waals surface area (Å²) >= 11 is 0. The zero-order chi connectivity index (χ0) is 16.9. The van der Waals surface area contributed by atoms with Crippen LogP contribution >= 0.6 is 0 Å². The second-order valence-corrected chi connectivity index (χ2v) is 7.77. The van der Waals surface area contributed by atoms with Crippen molar-refractivity contribution in [3.8, 4) is 0 Å². The number of rotatable bonds is 6. The first-order valence-electron chi connectivity index (χ1n) is 7.71. The highest BCUT2D eigenvalue weighted by Gasteiger charge is 2.34. The molecular formula is C16H23NO5S. The molecular weight excluding hydrogens is 318 g/mol. The minimum absolute atomic E-state index is 0.153. The summed E-state index contributed by atoms with van der Waals surface area (Å²) in [4.78, 5) is 13.5. The summed E-state index contributed by atoms with van der Waals surface area (Å²) in [5, 5.41) is 10.2. The smallest absolute Gasteiger partial charge is 0.306 e. The van der Waals surface area contributed by atoms with Crippen LogP contribution in [0.2, 0.25) is 0 Å². The number of likely N-dealkylation sites (tertiary alicyclic amines) is 1. The van der Waals surface area contributed by atoms with Gasteiger partial charge in [-0.25, -0.2) is 8.42 Å². The number of aliphatic hydroxyl groups is 1. The summed E-state index contributed by atoms with van der Waals surface area (Å²) in [5.74, 6) is -0.492. The van der Waals surface area contributed by atoms with E-state index in [1.54, 1.807) is 30.3 Å². The summed E-state index contributed by atoms with van der Waals surface area (Å²) < 4.78 is 29.7. The average Bonchev–Trinajstić information content (AvgIpc) is 2.55. The van der Waals surface area contributed by atoms with Crippen LogP contribution in [0, 0.1) is 0 Å². The van der Waals surface area contributed by atoms with Gasteiger partial charge in [-0.05, 0) is 31.5 Å². The van der Waals surface area contributed by atoms with Crippen LogP contribution in [0.1, 0.15) is 19.3 Å². The van der Waals surface area contributed by atoms with Gasteiger partial charge < -0.3 is 9.84 Å². The van der Waals surface area contributed by atoms with Crippen LogP contribution in [0.15, 0.2) is 35.2 Å². The molecule has 1 aromatic carbocycles. The summed E-state index contributed by atoms with van der Waals surface area (Å²) in [6, 6.07) is 7.74. The average molecular weight is 341 g/mol. The molecule has 0 unspecified atom stereocenters. The molecule has 1 N–H and O–H groups in total. The molecule has 2 atom stereocenters. The third-order valence-electron chi connectivity index (χ3n) is 4.18. The Bertz CT molecular complexity index is 617. The molecule has 1 aliphatic rings. The normalized spacial score (nSPS) is 22.7. The van der Waals surface area contributed by atoms with Crippen LogP contribution < -0.4 is 0 Å². The Kier molecular flexibility index (Phi) is 6.15. The number of esters is 1. The van der Waals surface area contributed by atoms with Crippen LogP contribution in [0.3, 0.4) is 0 Å². The van der Waals surface area contributed by atoms with E-state index in [0.717, 1.165) is 6.42 Å². The highest BCUT2D eigenvalue weighted by molar-refractivity contribution is 7.91. The van der Waals surface area contributed by atoms with Crippen molar-refractivity contribution in [3.05, 3.63) is 30.3 Å². The molecule has 0 aliphatic carbocycles. The maximum atomic E-state index is 12.6. The van der Waals surface area contributed by atoms with Gasteiger partial charge in [-0.15, -0.1) is 0 Å². The van der Waals surface area contributed by atoms with Crippen molar-refractivity contribution < 1.29 is 23.1 Å². The van der Waals surface area contributed by atoms with Gasteiger partial charge in [0.2, 0.25) is 0 Å². The van der Waals surface area contributed by atoms with E-state index in [1.807, 2.05) is 4.90 Å². The lowest BCUT2D eigenvalue weighted by Gasteiger charge is -2.38. The second-order valence-electron chi connectivity index (χ2n) is 5.73. The van der Waals surface area contributed by atoms with Crippen LogP contribution in [0.25, 0.3) is 0 Å². The second kappa shape index (κ2) is 7.90. The Morgan fingerprint density at radius 2 is 2.04 bits per heavy atom. The van der Waals surface area contributed by atoms with E-state index >= 15 is 0 Å². The number of carbonyl (C=O) groups is 1. The van der Waals surface area contributed by atoms with E-state index in [0.29, 0.717) is 19.5 Å². The fraction of sp³-hybridized carbons (Fsp3) is 0.562. The maximum absolute atomic E-state index is 12.6. The first-order valence-corrected chi connectivity index (χ1v) is 9.36. The van der Waals surface area contributed by atoms with Crippen LogP contribution in [0.4, 0.5) is 0 Å². The Balaban J connectivity index is 2.11. The molecule has 6 nitrogen and oxygen atoms in total. The first-order chi connectivity index (χ1) is 10.9. The monoisotopic (exact) mass is 341 g/mol. The van der Waals surface area contributed by atoms with Gasteiger partial charge in [-0.3, -0.25) is 9.69 Å². The predicted molar refractivity (Wildman–Crippen MR) is 85.7 cm³/mol. The SMILES string of the molecule is COC(=O)CCN1CCC[C@@H](O)[C@@H]1CS(=O)(=O)c1ccccc1. The summed E-state index contributed by atoms with van der Waals surface area (Å²) in [6.45, 7) is 1.06. The fourth-order valence-electron chi connectivity index (χ4n) is 2.89. The summed E-state index contributed by atoms with van der Waals surface area (Å²) in [6.07, 6.45) is 0.832. The number of aliphatic hydroxyl groups excluding tert-OH is 1. The highest BCUT2D eigenvalue weighted by atomic mass is 32.2. The van der Waals surface area contributed by atoms with E-state index < -0.39 is 22.0 Å². The van der Waals surface area contributed by atoms with Crippen molar-refractivity contribution in [1.29, 1.82) is 0 Å². The lowest BCUT2D eigenvalue weighted by Crippen LogP contribution is -2.52. The first kappa shape index (κ1) is 17.9. The van der Waals surface area contributed by atoms with E-state index in [1.165, 1.54) is 7.11 Å². The molecule has 1 aromatic rings. The van der Waals surface area contributed by atoms with Gasteiger partial charge >= 0.3 is 5.97 Å². The van der Waals surface area contributed by atoms with Crippen LogP contribution in [-0.2, 0) is 19.4 Å². The molecule has 1 heterocycles. The number of carbonyl (C=O) groups excluding carboxylic acids is 1. The lowest BCUT2D eigenvalue weighted by atomic mass is 10.00. The number of ether oxygens (including phenoxy) is 1. The van der Waals surface area contributed by atoms with Crippen LogP contribution in [-0.4, -0.2) is 62.5 Å². The zero-order valence-electron chi connectivity index (χ0n) is 13.2. The Morgan fingerprint density at radius 3 is 2.70 bits per heavy atom. The van der Waals surface area contributed by atoms with Crippen molar-refractivity contribution in [1.82, 2.24) is 4.90 Å². The van der Waals surface area contributed by atoms with E-state index in [9.17, 15) is 18.3 Å². The number of hydrogen-bond acceptors (Lipinski definition) is 6. The van der Waals surface area contributed by atoms with Crippen molar-refractivity contribution in [2.45, 2.75) is 36.3 Å². The Hall–Kier alpha value is -1.44. The molecule has 0 aromatic heterocycles.